The fourth-order valence-corrected chi connectivity index (χ4v) is 1.97. The summed E-state index contributed by atoms with van der Waals surface area (Å²) in [6, 6.07) is 0. The van der Waals surface area contributed by atoms with Crippen molar-refractivity contribution in [1.82, 2.24) is 15.0 Å². The Morgan fingerprint density at radius 1 is 0.941 bits per heavy atom. The van der Waals surface area contributed by atoms with Gasteiger partial charge in [0, 0.05) is 12.7 Å². The monoisotopic (exact) mass is 237 g/mol. The molecule has 1 aromatic rings. The lowest BCUT2D eigenvalue weighted by molar-refractivity contribution is 0.553. The lowest BCUT2D eigenvalue weighted by Crippen LogP contribution is -1.97. The van der Waals surface area contributed by atoms with Gasteiger partial charge in [0.1, 0.15) is 0 Å². The van der Waals surface area contributed by atoms with E-state index < -0.39 is 0 Å². The van der Waals surface area contributed by atoms with E-state index in [2.05, 4.69) is 30.4 Å². The Bertz CT molecular complexity index is 281. The van der Waals surface area contributed by atoms with Crippen LogP contribution in [0.3, 0.4) is 0 Å². The van der Waals surface area contributed by atoms with Gasteiger partial charge in [0.05, 0.1) is 5.69 Å². The molecule has 0 unspecified atom stereocenters. The summed E-state index contributed by atoms with van der Waals surface area (Å²) in [7, 11) is 0. The van der Waals surface area contributed by atoms with Gasteiger partial charge >= 0.3 is 0 Å². The average molecular weight is 237 g/mol. The van der Waals surface area contributed by atoms with Crippen molar-refractivity contribution >= 4 is 0 Å². The number of rotatable bonds is 10. The van der Waals surface area contributed by atoms with Crippen molar-refractivity contribution in [2.24, 2.45) is 0 Å². The number of hydrogen-bond donors (Lipinski definition) is 0. The van der Waals surface area contributed by atoms with Crippen LogP contribution in [0.15, 0.2) is 6.20 Å². The van der Waals surface area contributed by atoms with Crippen LogP contribution in [0.5, 0.6) is 0 Å². The predicted octanol–water partition coefficient (Wildman–Crippen LogP) is 3.98. The number of hydrogen-bond acceptors (Lipinski definition) is 2. The molecule has 0 aliphatic heterocycles. The maximum Gasteiger partial charge on any atom is 0.0827 e. The second kappa shape index (κ2) is 9.20. The van der Waals surface area contributed by atoms with E-state index in [1.54, 1.807) is 0 Å². The lowest BCUT2D eigenvalue weighted by Gasteiger charge is -1.98. The molecule has 0 N–H and O–H groups in total. The summed E-state index contributed by atoms with van der Waals surface area (Å²) in [5.74, 6) is 0. The van der Waals surface area contributed by atoms with Crippen LogP contribution in [0.4, 0.5) is 0 Å². The van der Waals surface area contributed by atoms with E-state index in [9.17, 15) is 0 Å². The van der Waals surface area contributed by atoms with Gasteiger partial charge in [-0.05, 0) is 19.3 Å². The molecule has 0 atom stereocenters. The standard InChI is InChI=1S/C14H27N3/c1-3-5-7-8-9-10-11-14-13-17(16-15-14)12-6-4-2/h13H,3-12H2,1-2H3. The summed E-state index contributed by atoms with van der Waals surface area (Å²) in [5, 5.41) is 8.36. The minimum atomic E-state index is 1.01. The molecule has 0 saturated heterocycles. The summed E-state index contributed by atoms with van der Waals surface area (Å²) >= 11 is 0. The first-order valence-corrected chi connectivity index (χ1v) is 7.25. The fraction of sp³-hybridized carbons (Fsp3) is 0.857. The number of unbranched alkanes of at least 4 members (excludes halogenated alkanes) is 6. The van der Waals surface area contributed by atoms with Crippen molar-refractivity contribution in [1.29, 1.82) is 0 Å². The minimum absolute atomic E-state index is 1.01. The molecule has 17 heavy (non-hydrogen) atoms. The van der Waals surface area contributed by atoms with Gasteiger partial charge in [-0.1, -0.05) is 57.6 Å². The Morgan fingerprint density at radius 2 is 1.65 bits per heavy atom. The first kappa shape index (κ1) is 14.2. The highest BCUT2D eigenvalue weighted by Gasteiger charge is 2.00. The van der Waals surface area contributed by atoms with Crippen molar-refractivity contribution in [3.8, 4) is 0 Å². The molecule has 3 nitrogen and oxygen atoms in total. The number of nitrogens with zero attached hydrogens (tertiary/aromatic N) is 3. The Kier molecular flexibility index (Phi) is 7.69. The minimum Gasteiger partial charge on any atom is -0.252 e. The molecule has 0 aliphatic rings. The van der Waals surface area contributed by atoms with Gasteiger partial charge in [0.15, 0.2) is 0 Å². The third-order valence-electron chi connectivity index (χ3n) is 3.11. The SMILES string of the molecule is CCCCCCCCc1cn(CCCC)nn1. The largest absolute Gasteiger partial charge is 0.252 e. The summed E-state index contributed by atoms with van der Waals surface area (Å²) in [6.07, 6.45) is 13.7. The van der Waals surface area contributed by atoms with Crippen molar-refractivity contribution in [2.75, 3.05) is 0 Å². The fourth-order valence-electron chi connectivity index (χ4n) is 1.97. The van der Waals surface area contributed by atoms with E-state index in [0.717, 1.165) is 18.7 Å². The van der Waals surface area contributed by atoms with Gasteiger partial charge in [-0.25, -0.2) is 0 Å². The van der Waals surface area contributed by atoms with Crippen LogP contribution in [-0.2, 0) is 13.0 Å². The Morgan fingerprint density at radius 3 is 2.41 bits per heavy atom. The normalized spacial score (nSPS) is 10.9. The van der Waals surface area contributed by atoms with Gasteiger partial charge in [0.25, 0.3) is 0 Å². The Hall–Kier alpha value is -0.860. The second-order valence-corrected chi connectivity index (χ2v) is 4.84. The number of aryl methyl sites for hydroxylation is 2. The molecule has 0 aromatic carbocycles. The zero-order valence-corrected chi connectivity index (χ0v) is 11.5. The highest BCUT2D eigenvalue weighted by Crippen LogP contribution is 2.08. The highest BCUT2D eigenvalue weighted by molar-refractivity contribution is 4.92. The van der Waals surface area contributed by atoms with Gasteiger partial charge in [-0.15, -0.1) is 5.10 Å². The Balaban J connectivity index is 2.08. The highest BCUT2D eigenvalue weighted by atomic mass is 15.4. The summed E-state index contributed by atoms with van der Waals surface area (Å²) in [6.45, 7) is 5.47. The van der Waals surface area contributed by atoms with Gasteiger partial charge < -0.3 is 0 Å². The zero-order chi connectivity index (χ0) is 12.3. The first-order valence-electron chi connectivity index (χ1n) is 7.25. The Labute approximate surface area is 106 Å². The zero-order valence-electron chi connectivity index (χ0n) is 11.5. The first-order chi connectivity index (χ1) is 8.36. The van der Waals surface area contributed by atoms with Gasteiger partial charge in [-0.2, -0.15) is 0 Å². The molecular formula is C14H27N3. The molecule has 3 heteroatoms. The quantitative estimate of drug-likeness (QED) is 0.576. The molecule has 0 aliphatic carbocycles. The molecule has 0 radical (unpaired) electrons. The van der Waals surface area contributed by atoms with Crippen LogP contribution >= 0.6 is 0 Å². The molecule has 1 heterocycles. The van der Waals surface area contributed by atoms with Crippen molar-refractivity contribution < 1.29 is 0 Å². The number of aromatic nitrogens is 3. The molecule has 0 amide bonds. The molecule has 1 aromatic heterocycles. The van der Waals surface area contributed by atoms with E-state index in [1.165, 1.54) is 51.4 Å². The topological polar surface area (TPSA) is 30.7 Å². The van der Waals surface area contributed by atoms with Crippen molar-refractivity contribution in [3.63, 3.8) is 0 Å². The van der Waals surface area contributed by atoms with E-state index in [4.69, 9.17) is 0 Å². The summed E-state index contributed by atoms with van der Waals surface area (Å²) in [4.78, 5) is 0. The van der Waals surface area contributed by atoms with E-state index in [-0.39, 0.29) is 0 Å². The van der Waals surface area contributed by atoms with E-state index >= 15 is 0 Å². The molecular weight excluding hydrogens is 210 g/mol. The average Bonchev–Trinajstić information content (AvgIpc) is 2.79. The molecule has 0 bridgehead atoms. The molecule has 0 fully saturated rings. The van der Waals surface area contributed by atoms with Crippen LogP contribution in [-0.4, -0.2) is 15.0 Å². The maximum absolute atomic E-state index is 4.22. The summed E-state index contributed by atoms with van der Waals surface area (Å²) < 4.78 is 1.98. The summed E-state index contributed by atoms with van der Waals surface area (Å²) in [5.41, 5.74) is 1.16. The van der Waals surface area contributed by atoms with E-state index in [1.807, 2.05) is 4.68 Å². The van der Waals surface area contributed by atoms with Crippen LogP contribution < -0.4 is 0 Å². The van der Waals surface area contributed by atoms with Crippen LogP contribution in [0.25, 0.3) is 0 Å². The lowest BCUT2D eigenvalue weighted by atomic mass is 10.1. The third-order valence-corrected chi connectivity index (χ3v) is 3.11. The van der Waals surface area contributed by atoms with Crippen LogP contribution in [0.2, 0.25) is 0 Å². The third kappa shape index (κ3) is 6.44. The molecule has 98 valence electrons. The molecule has 1 rings (SSSR count). The smallest absolute Gasteiger partial charge is 0.0827 e. The van der Waals surface area contributed by atoms with E-state index in [0.29, 0.717) is 0 Å². The van der Waals surface area contributed by atoms with Crippen molar-refractivity contribution in [2.45, 2.75) is 78.2 Å². The van der Waals surface area contributed by atoms with Crippen LogP contribution in [0.1, 0.15) is 70.9 Å². The van der Waals surface area contributed by atoms with Crippen molar-refractivity contribution in [3.05, 3.63) is 11.9 Å². The van der Waals surface area contributed by atoms with Gasteiger partial charge in [-0.3, -0.25) is 4.68 Å². The molecule has 0 saturated carbocycles. The molecule has 0 spiro atoms. The maximum atomic E-state index is 4.22. The second-order valence-electron chi connectivity index (χ2n) is 4.84. The van der Waals surface area contributed by atoms with Gasteiger partial charge in [0.2, 0.25) is 0 Å². The predicted molar refractivity (Wildman–Crippen MR) is 72.0 cm³/mol. The van der Waals surface area contributed by atoms with Crippen LogP contribution in [0, 0.1) is 0 Å².